The number of rotatable bonds is 8. The quantitative estimate of drug-likeness (QED) is 0.241. The van der Waals surface area contributed by atoms with Crippen LogP contribution in [0.2, 0.25) is 18.6 Å². The van der Waals surface area contributed by atoms with Crippen molar-refractivity contribution in [1.29, 1.82) is 0 Å². The van der Waals surface area contributed by atoms with Gasteiger partial charge in [0.25, 0.3) is 5.91 Å². The van der Waals surface area contributed by atoms with E-state index >= 15 is 0 Å². The van der Waals surface area contributed by atoms with Crippen LogP contribution in [0.1, 0.15) is 52.5 Å². The Labute approximate surface area is 213 Å². The Morgan fingerprint density at radius 2 is 1.97 bits per heavy atom. The fourth-order valence-electron chi connectivity index (χ4n) is 5.57. The molecule has 2 aliphatic heterocycles. The van der Waals surface area contributed by atoms with Gasteiger partial charge in [0.2, 0.25) is 0 Å². The number of carbonyl (C=O) groups is 1. The Hall–Kier alpha value is -1.00. The van der Waals surface area contributed by atoms with Crippen LogP contribution < -0.4 is 4.90 Å². The average Bonchev–Trinajstić information content (AvgIpc) is 3.13. The molecule has 2 N–H and O–H groups in total. The first-order valence-corrected chi connectivity index (χ1v) is 16.0. The summed E-state index contributed by atoms with van der Waals surface area (Å²) in [6.45, 7) is 12.7. The largest absolute Gasteiger partial charge is 0.432 e. The smallest absolute Gasteiger partial charge is 0.264 e. The third-order valence-electron chi connectivity index (χ3n) is 7.07. The summed E-state index contributed by atoms with van der Waals surface area (Å²) in [6, 6.07) is 6.10. The number of hydrogen-bond acceptors (Lipinski definition) is 4. The number of nitrogens with zero attached hydrogens (tertiary/aromatic N) is 1. The number of ether oxygens (including phenoxy) is 1. The molecule has 1 fully saturated rings. The van der Waals surface area contributed by atoms with Gasteiger partial charge in [-0.15, -0.1) is 0 Å². The van der Waals surface area contributed by atoms with E-state index in [0.29, 0.717) is 13.0 Å². The van der Waals surface area contributed by atoms with Crippen molar-refractivity contribution in [2.24, 2.45) is 5.92 Å². The topological polar surface area (TPSA) is 70.0 Å². The summed E-state index contributed by atoms with van der Waals surface area (Å²) in [5, 5.41) is 9.68. The molecule has 0 aromatic heterocycles. The van der Waals surface area contributed by atoms with E-state index in [4.69, 9.17) is 4.74 Å². The number of aliphatic hydroxyl groups is 1. The molecule has 4 atom stereocenters. The second kappa shape index (κ2) is 10.3. The molecule has 5 nitrogen and oxygen atoms in total. The zero-order valence-corrected chi connectivity index (χ0v) is 23.8. The minimum absolute atomic E-state index is 0.0286. The summed E-state index contributed by atoms with van der Waals surface area (Å²) >= 11 is 2.28. The van der Waals surface area contributed by atoms with E-state index in [-0.39, 0.29) is 30.1 Å². The van der Waals surface area contributed by atoms with Crippen LogP contribution in [0.5, 0.6) is 0 Å². The van der Waals surface area contributed by atoms with Crippen molar-refractivity contribution >= 4 is 42.5 Å². The molecule has 2 heterocycles. The zero-order valence-electron chi connectivity index (χ0n) is 20.7. The lowest BCUT2D eigenvalue weighted by Crippen LogP contribution is -2.46. The summed E-state index contributed by atoms with van der Waals surface area (Å²) in [5.74, 6) is -0.234. The lowest BCUT2D eigenvalue weighted by molar-refractivity contribution is -0.146. The fourth-order valence-corrected chi connectivity index (χ4v) is 8.66. The van der Waals surface area contributed by atoms with Gasteiger partial charge in [-0.05, 0) is 93.9 Å². The fraction of sp³-hybridized carbons (Fsp3) is 0.577. The van der Waals surface area contributed by atoms with Gasteiger partial charge >= 0.3 is 0 Å². The molecule has 2 aliphatic rings. The van der Waals surface area contributed by atoms with Gasteiger partial charge < -0.3 is 19.5 Å². The predicted molar refractivity (Wildman–Crippen MR) is 145 cm³/mol. The third kappa shape index (κ3) is 5.17. The highest BCUT2D eigenvalue weighted by atomic mass is 127. The molecule has 0 aliphatic carbocycles. The molecule has 1 aromatic rings. The van der Waals surface area contributed by atoms with Crippen molar-refractivity contribution in [3.05, 3.63) is 50.6 Å². The molecule has 7 heteroatoms. The van der Waals surface area contributed by atoms with E-state index in [9.17, 15) is 14.7 Å². The first-order chi connectivity index (χ1) is 15.4. The lowest BCUT2D eigenvalue weighted by atomic mass is 9.82. The van der Waals surface area contributed by atoms with Gasteiger partial charge in [0.1, 0.15) is 0 Å². The van der Waals surface area contributed by atoms with E-state index in [0.717, 1.165) is 27.7 Å². The third-order valence-corrected chi connectivity index (χ3v) is 10.2. The van der Waals surface area contributed by atoms with Crippen LogP contribution >= 0.6 is 22.6 Å². The molecule has 0 bridgehead atoms. The van der Waals surface area contributed by atoms with Crippen molar-refractivity contribution in [3.63, 3.8) is 0 Å². The Bertz CT molecular complexity index is 950. The van der Waals surface area contributed by atoms with Gasteiger partial charge in [0.15, 0.2) is 13.9 Å². The molecule has 1 saturated heterocycles. The van der Waals surface area contributed by atoms with Gasteiger partial charge in [-0.2, -0.15) is 0 Å². The maximum absolute atomic E-state index is 14.1. The second-order valence-corrected chi connectivity index (χ2v) is 15.5. The van der Waals surface area contributed by atoms with E-state index in [1.165, 1.54) is 11.1 Å². The molecule has 1 spiro atoms. The molecule has 0 saturated carbocycles. The van der Waals surface area contributed by atoms with Gasteiger partial charge in [-0.25, -0.2) is 0 Å². The number of benzene rings is 1. The number of anilines is 1. The summed E-state index contributed by atoms with van der Waals surface area (Å²) in [7, 11) is -2.65. The number of fused-ring (bicyclic) bond motifs is 2. The van der Waals surface area contributed by atoms with Crippen LogP contribution in [0, 0.1) is 9.49 Å². The van der Waals surface area contributed by atoms with Crippen molar-refractivity contribution in [3.8, 4) is 0 Å². The second-order valence-electron chi connectivity index (χ2n) is 10.3. The molecule has 3 rings (SSSR count). The average molecular weight is 584 g/mol. The Morgan fingerprint density at radius 1 is 1.27 bits per heavy atom. The van der Waals surface area contributed by atoms with Crippen LogP contribution in [0.3, 0.4) is 0 Å². The minimum Gasteiger partial charge on any atom is -0.432 e. The normalized spacial score (nSPS) is 27.4. The monoisotopic (exact) mass is 583 g/mol. The number of halogens is 1. The SMILES string of the molecule is CC(C)=CCC/C(C)=C/CN1C(=O)[C@@]2(O[C@@H](CCO)[C@H]([Si](C)(C)O)[C@H]2C)c2cc(I)ccc21. The van der Waals surface area contributed by atoms with Crippen molar-refractivity contribution in [1.82, 2.24) is 0 Å². The number of hydrogen-bond donors (Lipinski definition) is 2. The highest BCUT2D eigenvalue weighted by Gasteiger charge is 2.66. The molecule has 33 heavy (non-hydrogen) atoms. The summed E-state index contributed by atoms with van der Waals surface area (Å²) in [5.41, 5.74) is 3.11. The molecular formula is C26H38INO4Si. The maximum atomic E-state index is 14.1. The zero-order chi connectivity index (χ0) is 24.6. The first-order valence-electron chi connectivity index (χ1n) is 11.9. The van der Waals surface area contributed by atoms with Gasteiger partial charge in [0.05, 0.1) is 11.8 Å². The molecule has 0 unspecified atom stereocenters. The van der Waals surface area contributed by atoms with Crippen LogP contribution in [-0.2, 0) is 15.1 Å². The highest BCUT2D eigenvalue weighted by Crippen LogP contribution is 2.59. The van der Waals surface area contributed by atoms with Gasteiger partial charge in [0, 0.05) is 33.7 Å². The maximum Gasteiger partial charge on any atom is 0.264 e. The van der Waals surface area contributed by atoms with E-state index in [2.05, 4.69) is 61.6 Å². The standard InChI is InChI=1S/C26H38INO4Si/c1-17(2)8-7-9-18(3)12-14-28-22-11-10-20(27)16-21(22)26(25(28)30)19(4)24(33(5,6)31)23(32-26)13-15-29/h8,10-12,16,19,23-24,29,31H,7,9,13-15H2,1-6H3/b18-12+/t19-,23+,24-,26+/m1/s1. The van der Waals surface area contributed by atoms with Gasteiger partial charge in [-0.3, -0.25) is 4.79 Å². The molecular weight excluding hydrogens is 545 g/mol. The molecule has 1 amide bonds. The van der Waals surface area contributed by atoms with Crippen molar-refractivity contribution in [2.75, 3.05) is 18.1 Å². The summed E-state index contributed by atoms with van der Waals surface area (Å²) < 4.78 is 7.66. The van der Waals surface area contributed by atoms with Crippen LogP contribution in [-0.4, -0.2) is 43.4 Å². The van der Waals surface area contributed by atoms with E-state index in [1.54, 1.807) is 0 Å². The lowest BCUT2D eigenvalue weighted by Gasteiger charge is -2.32. The molecule has 1 aromatic carbocycles. The number of amides is 1. The minimum atomic E-state index is -2.65. The van der Waals surface area contributed by atoms with Crippen LogP contribution in [0.4, 0.5) is 5.69 Å². The number of carbonyl (C=O) groups excluding carboxylic acids is 1. The Kier molecular flexibility index (Phi) is 8.32. The number of aliphatic hydroxyl groups excluding tert-OH is 1. The van der Waals surface area contributed by atoms with Crippen LogP contribution in [0.25, 0.3) is 0 Å². The Morgan fingerprint density at radius 3 is 2.58 bits per heavy atom. The summed E-state index contributed by atoms with van der Waals surface area (Å²) in [4.78, 5) is 27.0. The number of allylic oxidation sites excluding steroid dienone is 3. The van der Waals surface area contributed by atoms with Crippen molar-refractivity contribution < 1.29 is 19.4 Å². The van der Waals surface area contributed by atoms with Crippen LogP contribution in [0.15, 0.2) is 41.5 Å². The van der Waals surface area contributed by atoms with Gasteiger partial charge in [-0.1, -0.05) is 30.2 Å². The molecule has 0 radical (unpaired) electrons. The van der Waals surface area contributed by atoms with Crippen molar-refractivity contribution in [2.45, 2.75) is 77.3 Å². The van der Waals surface area contributed by atoms with E-state index < -0.39 is 13.9 Å². The predicted octanol–water partition coefficient (Wildman–Crippen LogP) is 5.51. The highest BCUT2D eigenvalue weighted by molar-refractivity contribution is 14.1. The first kappa shape index (κ1) is 26.6. The molecule has 182 valence electrons. The van der Waals surface area contributed by atoms with E-state index in [1.807, 2.05) is 37.1 Å². The Balaban J connectivity index is 1.99. The summed E-state index contributed by atoms with van der Waals surface area (Å²) in [6.07, 6.45) is 6.43.